The molecule has 1 aliphatic rings. The van der Waals surface area contributed by atoms with Crippen molar-refractivity contribution in [2.45, 2.75) is 39.3 Å². The van der Waals surface area contributed by atoms with Crippen molar-refractivity contribution in [3.8, 4) is 0 Å². The van der Waals surface area contributed by atoms with Gasteiger partial charge in [-0.15, -0.1) is 0 Å². The first kappa shape index (κ1) is 15.7. The van der Waals surface area contributed by atoms with Crippen molar-refractivity contribution in [1.29, 1.82) is 0 Å². The van der Waals surface area contributed by atoms with Crippen LogP contribution < -0.4 is 0 Å². The Bertz CT molecular complexity index is 510. The lowest BCUT2D eigenvalue weighted by atomic mass is 9.81. The summed E-state index contributed by atoms with van der Waals surface area (Å²) in [5.41, 5.74) is 0.527. The van der Waals surface area contributed by atoms with Gasteiger partial charge in [-0.3, -0.25) is 14.5 Å². The molecule has 1 saturated heterocycles. The smallest absolute Gasteiger partial charge is 0.316 e. The molecular weight excluding hydrogens is 266 g/mol. The van der Waals surface area contributed by atoms with Gasteiger partial charge in [-0.05, 0) is 32.8 Å². The molecule has 0 aromatic heterocycles. The largest absolute Gasteiger partial charge is 0.465 e. The molecule has 1 atom stereocenters. The molecule has 4 nitrogen and oxygen atoms in total. The van der Waals surface area contributed by atoms with E-state index in [9.17, 15) is 9.59 Å². The van der Waals surface area contributed by atoms with Gasteiger partial charge in [-0.1, -0.05) is 30.3 Å². The molecule has 1 aromatic carbocycles. The second-order valence-electron chi connectivity index (χ2n) is 5.92. The predicted molar refractivity (Wildman–Crippen MR) is 80.7 cm³/mol. The molecule has 0 aliphatic carbocycles. The average molecular weight is 289 g/mol. The first-order chi connectivity index (χ1) is 9.96. The fraction of sp³-hybridized carbons (Fsp3) is 0.529. The molecule has 1 heterocycles. The van der Waals surface area contributed by atoms with Crippen LogP contribution in [0, 0.1) is 5.92 Å². The third-order valence-corrected chi connectivity index (χ3v) is 4.19. The molecule has 1 aromatic rings. The third kappa shape index (κ3) is 3.32. The lowest BCUT2D eigenvalue weighted by Crippen LogP contribution is -2.58. The number of esters is 1. The number of rotatable bonds is 4. The van der Waals surface area contributed by atoms with E-state index in [0.29, 0.717) is 13.0 Å². The number of Topliss-reactive ketones (excluding diaryl/α,β-unsaturated/α-hetero) is 1. The monoisotopic (exact) mass is 289 g/mol. The third-order valence-electron chi connectivity index (χ3n) is 4.19. The van der Waals surface area contributed by atoms with Crippen LogP contribution in [-0.4, -0.2) is 35.3 Å². The maximum absolute atomic E-state index is 12.6. The number of likely N-dealkylation sites (tertiary alicyclic amines) is 1. The Morgan fingerprint density at radius 1 is 1.33 bits per heavy atom. The van der Waals surface area contributed by atoms with E-state index in [4.69, 9.17) is 4.74 Å². The van der Waals surface area contributed by atoms with E-state index >= 15 is 0 Å². The van der Waals surface area contributed by atoms with Crippen LogP contribution in [0.2, 0.25) is 0 Å². The molecule has 114 valence electrons. The summed E-state index contributed by atoms with van der Waals surface area (Å²) in [5, 5.41) is 0. The zero-order chi connectivity index (χ0) is 15.5. The van der Waals surface area contributed by atoms with E-state index in [-0.39, 0.29) is 11.8 Å². The first-order valence-electron chi connectivity index (χ1n) is 7.46. The highest BCUT2D eigenvalue weighted by Crippen LogP contribution is 2.30. The van der Waals surface area contributed by atoms with Crippen LogP contribution in [0.1, 0.15) is 32.8 Å². The molecular formula is C17H23NO3. The van der Waals surface area contributed by atoms with Gasteiger partial charge in [0, 0.05) is 13.1 Å². The number of hydrogen-bond acceptors (Lipinski definition) is 4. The van der Waals surface area contributed by atoms with Crippen LogP contribution in [0.5, 0.6) is 0 Å². The summed E-state index contributed by atoms with van der Waals surface area (Å²) in [6, 6.07) is 10.1. The van der Waals surface area contributed by atoms with Crippen LogP contribution in [0.3, 0.4) is 0 Å². The summed E-state index contributed by atoms with van der Waals surface area (Å²) in [5.74, 6) is -1.04. The molecule has 21 heavy (non-hydrogen) atoms. The van der Waals surface area contributed by atoms with Crippen LogP contribution in [-0.2, 0) is 20.9 Å². The lowest BCUT2D eigenvalue weighted by Gasteiger charge is -2.43. The molecule has 0 bridgehead atoms. The van der Waals surface area contributed by atoms with E-state index in [2.05, 4.69) is 17.0 Å². The maximum Gasteiger partial charge on any atom is 0.316 e. The molecule has 0 saturated carbocycles. The van der Waals surface area contributed by atoms with Gasteiger partial charge in [0.25, 0.3) is 0 Å². The predicted octanol–water partition coefficient (Wildman–Crippen LogP) is 2.42. The molecule has 4 heteroatoms. The minimum Gasteiger partial charge on any atom is -0.465 e. The number of piperidine rings is 1. The number of benzene rings is 1. The van der Waals surface area contributed by atoms with Crippen molar-refractivity contribution in [3.63, 3.8) is 0 Å². The van der Waals surface area contributed by atoms with Crippen LogP contribution in [0.25, 0.3) is 0 Å². The highest BCUT2D eigenvalue weighted by atomic mass is 16.5. The van der Waals surface area contributed by atoms with Gasteiger partial charge in [-0.2, -0.15) is 0 Å². The van der Waals surface area contributed by atoms with Gasteiger partial charge >= 0.3 is 5.97 Å². The van der Waals surface area contributed by atoms with Gasteiger partial charge in [0.2, 0.25) is 0 Å². The van der Waals surface area contributed by atoms with Crippen molar-refractivity contribution in [3.05, 3.63) is 35.9 Å². The Morgan fingerprint density at radius 2 is 2.00 bits per heavy atom. The average Bonchev–Trinajstić information content (AvgIpc) is 2.46. The van der Waals surface area contributed by atoms with Gasteiger partial charge in [-0.25, -0.2) is 0 Å². The minimum absolute atomic E-state index is 0.0388. The number of hydrogen-bond donors (Lipinski definition) is 0. The number of carbonyl (C=O) groups excluding carboxylic acids is 2. The van der Waals surface area contributed by atoms with Crippen LogP contribution >= 0.6 is 0 Å². The lowest BCUT2D eigenvalue weighted by molar-refractivity contribution is -0.158. The van der Waals surface area contributed by atoms with Gasteiger partial charge in [0.1, 0.15) is 5.92 Å². The summed E-state index contributed by atoms with van der Waals surface area (Å²) >= 11 is 0. The summed E-state index contributed by atoms with van der Waals surface area (Å²) in [4.78, 5) is 26.7. The zero-order valence-corrected chi connectivity index (χ0v) is 13.0. The van der Waals surface area contributed by atoms with E-state index < -0.39 is 11.5 Å². The zero-order valence-electron chi connectivity index (χ0n) is 13.0. The standard InChI is InChI=1S/C17H23NO3/c1-4-21-16(20)14-10-11-18(17(2,3)15(14)19)12-13-8-6-5-7-9-13/h5-9,14H,4,10-12H2,1-3H3/t14-/m0/s1. The van der Waals surface area contributed by atoms with E-state index in [0.717, 1.165) is 13.1 Å². The SMILES string of the molecule is CCOC(=O)[C@H]1CCN(Cc2ccccc2)C(C)(C)C1=O. The number of ether oxygens (including phenoxy) is 1. The quantitative estimate of drug-likeness (QED) is 0.631. The summed E-state index contributed by atoms with van der Waals surface area (Å²) in [7, 11) is 0. The molecule has 0 unspecified atom stereocenters. The number of carbonyl (C=O) groups is 2. The summed E-state index contributed by atoms with van der Waals surface area (Å²) < 4.78 is 5.02. The molecule has 2 rings (SSSR count). The minimum atomic E-state index is -0.647. The van der Waals surface area contributed by atoms with Crippen molar-refractivity contribution < 1.29 is 14.3 Å². The second kappa shape index (κ2) is 6.39. The second-order valence-corrected chi connectivity index (χ2v) is 5.92. The van der Waals surface area contributed by atoms with E-state index in [1.807, 2.05) is 32.0 Å². The van der Waals surface area contributed by atoms with Crippen LogP contribution in [0.4, 0.5) is 0 Å². The van der Waals surface area contributed by atoms with Gasteiger partial charge in [0.15, 0.2) is 5.78 Å². The fourth-order valence-electron chi connectivity index (χ4n) is 2.83. The Morgan fingerprint density at radius 3 is 2.62 bits per heavy atom. The molecule has 0 spiro atoms. The number of ketones is 1. The van der Waals surface area contributed by atoms with Gasteiger partial charge in [0.05, 0.1) is 12.1 Å². The number of nitrogens with zero attached hydrogens (tertiary/aromatic N) is 1. The van der Waals surface area contributed by atoms with E-state index in [1.54, 1.807) is 6.92 Å². The Hall–Kier alpha value is -1.68. The van der Waals surface area contributed by atoms with Crippen molar-refractivity contribution in [1.82, 2.24) is 4.90 Å². The topological polar surface area (TPSA) is 46.6 Å². The summed E-state index contributed by atoms with van der Waals surface area (Å²) in [6.45, 7) is 7.30. The molecule has 1 aliphatic heterocycles. The van der Waals surface area contributed by atoms with Crippen molar-refractivity contribution in [2.75, 3.05) is 13.2 Å². The van der Waals surface area contributed by atoms with Gasteiger partial charge < -0.3 is 4.74 Å². The molecule has 0 amide bonds. The summed E-state index contributed by atoms with van der Waals surface area (Å²) in [6.07, 6.45) is 0.536. The Balaban J connectivity index is 2.11. The normalized spacial score (nSPS) is 22.0. The molecule has 1 fully saturated rings. The fourth-order valence-corrected chi connectivity index (χ4v) is 2.83. The first-order valence-corrected chi connectivity index (χ1v) is 7.46. The van der Waals surface area contributed by atoms with Crippen molar-refractivity contribution in [2.24, 2.45) is 5.92 Å². The van der Waals surface area contributed by atoms with Crippen LogP contribution in [0.15, 0.2) is 30.3 Å². The Kier molecular flexibility index (Phi) is 4.78. The molecule has 0 N–H and O–H groups in total. The Labute approximate surface area is 126 Å². The van der Waals surface area contributed by atoms with E-state index in [1.165, 1.54) is 5.56 Å². The maximum atomic E-state index is 12.6. The molecule has 0 radical (unpaired) electrons. The highest BCUT2D eigenvalue weighted by molar-refractivity contribution is 6.04. The highest BCUT2D eigenvalue weighted by Gasteiger charge is 2.46. The van der Waals surface area contributed by atoms with Crippen molar-refractivity contribution >= 4 is 11.8 Å².